The quantitative estimate of drug-likeness (QED) is 0.408. The van der Waals surface area contributed by atoms with Crippen LogP contribution in [0, 0.1) is 33.6 Å². The molecule has 39 heavy (non-hydrogen) atoms. The minimum Gasteiger partial charge on any atom is -0.444 e. The zero-order chi connectivity index (χ0) is 29.9. The molecule has 2 aromatic rings. The highest BCUT2D eigenvalue weighted by atomic mass is 16.6. The van der Waals surface area contributed by atoms with E-state index in [4.69, 9.17) is 4.74 Å². The van der Waals surface area contributed by atoms with Crippen LogP contribution in [0.3, 0.4) is 0 Å². The van der Waals surface area contributed by atoms with Gasteiger partial charge >= 0.3 is 6.09 Å². The van der Waals surface area contributed by atoms with Crippen molar-refractivity contribution >= 4 is 23.6 Å². The molecule has 2 N–H and O–H groups in total. The maximum absolute atomic E-state index is 14.4. The molecule has 0 radical (unpaired) electrons. The van der Waals surface area contributed by atoms with Gasteiger partial charge in [0.05, 0.1) is 0 Å². The van der Waals surface area contributed by atoms with Crippen LogP contribution in [-0.2, 0) is 14.3 Å². The molecule has 0 aromatic heterocycles. The van der Waals surface area contributed by atoms with Crippen LogP contribution in [0.15, 0.2) is 36.4 Å². The summed E-state index contributed by atoms with van der Waals surface area (Å²) in [5, 5.41) is 5.91. The first-order chi connectivity index (χ1) is 17.8. The van der Waals surface area contributed by atoms with Gasteiger partial charge in [0, 0.05) is 11.2 Å². The molecule has 0 aliphatic rings. The Kier molecular flexibility index (Phi) is 9.99. The van der Waals surface area contributed by atoms with Gasteiger partial charge in [0.2, 0.25) is 5.91 Å². The molecule has 0 fully saturated rings. The van der Waals surface area contributed by atoms with Gasteiger partial charge in [-0.15, -0.1) is 0 Å². The van der Waals surface area contributed by atoms with Crippen molar-refractivity contribution in [3.05, 3.63) is 64.2 Å². The lowest BCUT2D eigenvalue weighted by Gasteiger charge is -2.44. The summed E-state index contributed by atoms with van der Waals surface area (Å²) in [6.07, 6.45) is -0.674. The molecule has 2 aromatic carbocycles. The summed E-state index contributed by atoms with van der Waals surface area (Å²) >= 11 is 0. The number of ether oxygens (including phenoxy) is 1. The van der Waals surface area contributed by atoms with Crippen molar-refractivity contribution in [2.45, 2.75) is 106 Å². The normalized spacial score (nSPS) is 13.5. The molecule has 0 aliphatic carbocycles. The maximum atomic E-state index is 14.4. The number of aryl methyl sites for hydroxylation is 3. The summed E-state index contributed by atoms with van der Waals surface area (Å²) in [5.74, 6) is -0.925. The fourth-order valence-electron chi connectivity index (χ4n) is 4.61. The summed E-state index contributed by atoms with van der Waals surface area (Å²) in [5.41, 5.74) is 3.80. The third kappa shape index (κ3) is 8.07. The van der Waals surface area contributed by atoms with E-state index in [0.29, 0.717) is 0 Å². The van der Waals surface area contributed by atoms with Gasteiger partial charge in [-0.05, 0) is 103 Å². The van der Waals surface area contributed by atoms with Gasteiger partial charge in [-0.25, -0.2) is 4.79 Å². The van der Waals surface area contributed by atoms with E-state index in [9.17, 15) is 14.4 Å². The van der Waals surface area contributed by atoms with Gasteiger partial charge in [-0.2, -0.15) is 0 Å². The van der Waals surface area contributed by atoms with E-state index >= 15 is 0 Å². The second-order valence-corrected chi connectivity index (χ2v) is 12.7. The minimum absolute atomic E-state index is 0.254. The molecule has 0 heterocycles. The Morgan fingerprint density at radius 2 is 1.33 bits per heavy atom. The van der Waals surface area contributed by atoms with E-state index in [0.717, 1.165) is 33.5 Å². The molecule has 2 unspecified atom stereocenters. The Balaban J connectivity index is 2.69. The standard InChI is InChI=1S/C32H47N3O4/c1-19(2)25(34-30(38)39-32(10,11)12)29(37)35(31(7,8)9)27(24-18-14-15-20(3)23(24)6)28(36)33-26-21(4)16-13-17-22(26)5/h13-19,25,27H,1-12H3,(H,33,36)(H,34,38). The number of anilines is 1. The first-order valence-electron chi connectivity index (χ1n) is 13.6. The Hall–Kier alpha value is -3.35. The summed E-state index contributed by atoms with van der Waals surface area (Å²) in [6, 6.07) is 9.78. The summed E-state index contributed by atoms with van der Waals surface area (Å²) < 4.78 is 5.47. The van der Waals surface area contributed by atoms with E-state index in [-0.39, 0.29) is 17.7 Å². The molecule has 214 valence electrons. The molecule has 3 amide bonds. The Bertz CT molecular complexity index is 1180. The molecular weight excluding hydrogens is 490 g/mol. The van der Waals surface area contributed by atoms with Crippen molar-refractivity contribution in [2.24, 2.45) is 5.92 Å². The lowest BCUT2D eigenvalue weighted by molar-refractivity contribution is -0.147. The molecular formula is C32H47N3O4. The van der Waals surface area contributed by atoms with Crippen LogP contribution in [0.2, 0.25) is 0 Å². The van der Waals surface area contributed by atoms with E-state index in [1.54, 1.807) is 25.7 Å². The van der Waals surface area contributed by atoms with Crippen LogP contribution in [0.25, 0.3) is 0 Å². The molecule has 2 rings (SSSR count). The first kappa shape index (κ1) is 31.9. The van der Waals surface area contributed by atoms with Crippen molar-refractivity contribution < 1.29 is 19.1 Å². The number of hydrogen-bond acceptors (Lipinski definition) is 4. The van der Waals surface area contributed by atoms with Crippen LogP contribution in [0.1, 0.15) is 89.2 Å². The predicted molar refractivity (Wildman–Crippen MR) is 158 cm³/mol. The third-order valence-electron chi connectivity index (χ3n) is 6.74. The number of amides is 3. The number of alkyl carbamates (subject to hydrolysis) is 1. The topological polar surface area (TPSA) is 87.7 Å². The monoisotopic (exact) mass is 537 g/mol. The van der Waals surface area contributed by atoms with E-state index in [1.165, 1.54) is 0 Å². The van der Waals surface area contributed by atoms with Crippen LogP contribution in [0.5, 0.6) is 0 Å². The van der Waals surface area contributed by atoms with Crippen LogP contribution < -0.4 is 10.6 Å². The van der Waals surface area contributed by atoms with Crippen LogP contribution >= 0.6 is 0 Å². The average molecular weight is 538 g/mol. The van der Waals surface area contributed by atoms with Gasteiger partial charge in [-0.1, -0.05) is 50.2 Å². The third-order valence-corrected chi connectivity index (χ3v) is 6.74. The lowest BCUT2D eigenvalue weighted by atomic mass is 9.90. The second kappa shape index (κ2) is 12.2. The van der Waals surface area contributed by atoms with Crippen molar-refractivity contribution in [2.75, 3.05) is 5.32 Å². The molecule has 0 spiro atoms. The highest BCUT2D eigenvalue weighted by molar-refractivity contribution is 6.00. The van der Waals surface area contributed by atoms with Crippen molar-refractivity contribution in [3.8, 4) is 0 Å². The maximum Gasteiger partial charge on any atom is 0.408 e. The average Bonchev–Trinajstić information content (AvgIpc) is 2.77. The second-order valence-electron chi connectivity index (χ2n) is 12.7. The van der Waals surface area contributed by atoms with Crippen LogP contribution in [0.4, 0.5) is 10.5 Å². The Morgan fingerprint density at radius 1 is 0.821 bits per heavy atom. The number of benzene rings is 2. The van der Waals surface area contributed by atoms with Gasteiger partial charge in [0.1, 0.15) is 17.7 Å². The summed E-state index contributed by atoms with van der Waals surface area (Å²) in [6.45, 7) is 22.6. The molecule has 0 bridgehead atoms. The molecule has 7 nitrogen and oxygen atoms in total. The smallest absolute Gasteiger partial charge is 0.408 e. The predicted octanol–water partition coefficient (Wildman–Crippen LogP) is 6.78. The molecule has 2 atom stereocenters. The Labute approximate surface area is 234 Å². The molecule has 0 saturated carbocycles. The zero-order valence-electron chi connectivity index (χ0n) is 25.8. The minimum atomic E-state index is -0.946. The number of para-hydroxylation sites is 1. The fourth-order valence-corrected chi connectivity index (χ4v) is 4.61. The summed E-state index contributed by atoms with van der Waals surface area (Å²) in [7, 11) is 0. The van der Waals surface area contributed by atoms with Crippen molar-refractivity contribution in [1.82, 2.24) is 10.2 Å². The highest BCUT2D eigenvalue weighted by Gasteiger charge is 2.43. The SMILES string of the molecule is Cc1cccc(C(C(=O)Nc2c(C)cccc2C)N(C(=O)C(NC(=O)OC(C)(C)C)C(C)C)C(C)(C)C)c1C. The number of nitrogens with zero attached hydrogens (tertiary/aromatic N) is 1. The van der Waals surface area contributed by atoms with Crippen LogP contribution in [-0.4, -0.2) is 40.0 Å². The van der Waals surface area contributed by atoms with Crippen molar-refractivity contribution in [3.63, 3.8) is 0 Å². The lowest BCUT2D eigenvalue weighted by Crippen LogP contribution is -2.59. The van der Waals surface area contributed by atoms with E-state index < -0.39 is 29.3 Å². The zero-order valence-corrected chi connectivity index (χ0v) is 25.8. The van der Waals surface area contributed by atoms with Gasteiger partial charge in [-0.3, -0.25) is 9.59 Å². The molecule has 0 saturated heterocycles. The number of carbonyl (C=O) groups is 3. The number of nitrogens with one attached hydrogen (secondary N) is 2. The first-order valence-corrected chi connectivity index (χ1v) is 13.6. The highest BCUT2D eigenvalue weighted by Crippen LogP contribution is 2.34. The van der Waals surface area contributed by atoms with Gasteiger partial charge in [0.25, 0.3) is 5.91 Å². The Morgan fingerprint density at radius 3 is 1.82 bits per heavy atom. The van der Waals surface area contributed by atoms with Gasteiger partial charge < -0.3 is 20.3 Å². The summed E-state index contributed by atoms with van der Waals surface area (Å²) in [4.78, 5) is 43.0. The number of carbonyl (C=O) groups excluding carboxylic acids is 3. The molecule has 7 heteroatoms. The number of hydrogen-bond donors (Lipinski definition) is 2. The molecule has 0 aliphatic heterocycles. The fraction of sp³-hybridized carbons (Fsp3) is 0.531. The largest absolute Gasteiger partial charge is 0.444 e. The van der Waals surface area contributed by atoms with E-state index in [1.807, 2.05) is 98.7 Å². The van der Waals surface area contributed by atoms with Crippen molar-refractivity contribution in [1.29, 1.82) is 0 Å². The van der Waals surface area contributed by atoms with E-state index in [2.05, 4.69) is 10.6 Å². The van der Waals surface area contributed by atoms with Gasteiger partial charge in [0.15, 0.2) is 0 Å². The number of rotatable bonds is 7.